The van der Waals surface area contributed by atoms with E-state index in [0.29, 0.717) is 23.4 Å². The summed E-state index contributed by atoms with van der Waals surface area (Å²) in [7, 11) is 1.30. The number of benzene rings is 3. The molecule has 1 heterocycles. The summed E-state index contributed by atoms with van der Waals surface area (Å²) in [5, 5.41) is 10.9. The summed E-state index contributed by atoms with van der Waals surface area (Å²) in [6, 6.07) is 15.2. The second-order valence-electron chi connectivity index (χ2n) is 7.94. The number of halogens is 3. The van der Waals surface area contributed by atoms with Crippen molar-refractivity contribution in [1.29, 1.82) is 0 Å². The molecule has 202 valence electrons. The molecule has 1 fully saturated rings. The standard InChI is InChI=1S/C26H19F3N2O7S/c1-36-22-13-16(7-9-21(22)38-20-10-8-17(26(27,28)29)15-19(20)31(34)35)14-23-24(32)30(25(33)39-23)11-12-37-18-5-3-2-4-6-18/h2-10,13-15H,11-12H2,1H3/b23-14-. The third kappa shape index (κ3) is 6.49. The zero-order chi connectivity index (χ0) is 28.2. The quantitative estimate of drug-likeness (QED) is 0.165. The zero-order valence-corrected chi connectivity index (χ0v) is 21.0. The van der Waals surface area contributed by atoms with Crippen LogP contribution in [0.1, 0.15) is 11.1 Å². The van der Waals surface area contributed by atoms with E-state index < -0.39 is 39.2 Å². The van der Waals surface area contributed by atoms with Gasteiger partial charge < -0.3 is 14.2 Å². The molecule has 0 saturated carbocycles. The summed E-state index contributed by atoms with van der Waals surface area (Å²) in [5.41, 5.74) is -1.61. The van der Waals surface area contributed by atoms with Crippen LogP contribution >= 0.6 is 11.8 Å². The van der Waals surface area contributed by atoms with Crippen molar-refractivity contribution in [2.45, 2.75) is 6.18 Å². The number of imide groups is 1. The van der Waals surface area contributed by atoms with Crippen LogP contribution in [-0.2, 0) is 11.0 Å². The maximum atomic E-state index is 13.0. The Morgan fingerprint density at radius 2 is 1.72 bits per heavy atom. The van der Waals surface area contributed by atoms with E-state index in [1.54, 1.807) is 24.3 Å². The maximum Gasteiger partial charge on any atom is 0.416 e. The molecule has 0 unspecified atom stereocenters. The van der Waals surface area contributed by atoms with Crippen molar-refractivity contribution in [3.05, 3.63) is 92.9 Å². The molecule has 1 saturated heterocycles. The molecule has 0 radical (unpaired) electrons. The van der Waals surface area contributed by atoms with Crippen molar-refractivity contribution < 1.29 is 41.9 Å². The van der Waals surface area contributed by atoms with Gasteiger partial charge in [-0.25, -0.2) is 0 Å². The summed E-state index contributed by atoms with van der Waals surface area (Å²) in [6.45, 7) is 0.171. The van der Waals surface area contributed by atoms with Crippen molar-refractivity contribution in [3.8, 4) is 23.0 Å². The molecule has 0 aliphatic carbocycles. The smallest absolute Gasteiger partial charge is 0.416 e. The monoisotopic (exact) mass is 560 g/mol. The summed E-state index contributed by atoms with van der Waals surface area (Å²) < 4.78 is 55.3. The van der Waals surface area contributed by atoms with E-state index in [-0.39, 0.29) is 29.6 Å². The second-order valence-corrected chi connectivity index (χ2v) is 8.94. The molecule has 2 amide bonds. The first-order chi connectivity index (χ1) is 18.6. The normalized spacial score (nSPS) is 14.6. The Bertz CT molecular complexity index is 1450. The van der Waals surface area contributed by atoms with Gasteiger partial charge in [-0.05, 0) is 59.8 Å². The van der Waals surface area contributed by atoms with Crippen LogP contribution in [0.25, 0.3) is 6.08 Å². The van der Waals surface area contributed by atoms with Gasteiger partial charge in [-0.3, -0.25) is 24.6 Å². The van der Waals surface area contributed by atoms with Crippen molar-refractivity contribution in [2.24, 2.45) is 0 Å². The Morgan fingerprint density at radius 3 is 2.38 bits per heavy atom. The molecule has 9 nitrogen and oxygen atoms in total. The second kappa shape index (κ2) is 11.5. The van der Waals surface area contributed by atoms with E-state index >= 15 is 0 Å². The summed E-state index contributed by atoms with van der Waals surface area (Å²) in [5.74, 6) is -0.229. The fraction of sp³-hybridized carbons (Fsp3) is 0.154. The van der Waals surface area contributed by atoms with Crippen LogP contribution in [0.2, 0.25) is 0 Å². The van der Waals surface area contributed by atoms with E-state index in [2.05, 4.69) is 0 Å². The third-order valence-corrected chi connectivity index (χ3v) is 6.30. The molecule has 0 bridgehead atoms. The molecule has 1 aliphatic rings. The van der Waals surface area contributed by atoms with Crippen LogP contribution in [0, 0.1) is 10.1 Å². The van der Waals surface area contributed by atoms with E-state index in [1.807, 2.05) is 6.07 Å². The number of alkyl halides is 3. The van der Waals surface area contributed by atoms with Crippen LogP contribution in [0.3, 0.4) is 0 Å². The van der Waals surface area contributed by atoms with Crippen molar-refractivity contribution in [3.63, 3.8) is 0 Å². The van der Waals surface area contributed by atoms with Gasteiger partial charge in [-0.15, -0.1) is 0 Å². The summed E-state index contributed by atoms with van der Waals surface area (Å²) >= 11 is 0.756. The van der Waals surface area contributed by atoms with E-state index in [4.69, 9.17) is 14.2 Å². The van der Waals surface area contributed by atoms with Gasteiger partial charge in [0, 0.05) is 6.07 Å². The van der Waals surface area contributed by atoms with Gasteiger partial charge in [0.25, 0.3) is 11.1 Å². The lowest BCUT2D eigenvalue weighted by Crippen LogP contribution is -2.32. The summed E-state index contributed by atoms with van der Waals surface area (Å²) in [6.07, 6.45) is -3.30. The number of thioether (sulfide) groups is 1. The number of ether oxygens (including phenoxy) is 3. The number of carbonyl (C=O) groups is 2. The van der Waals surface area contributed by atoms with Gasteiger partial charge in [0.1, 0.15) is 12.4 Å². The van der Waals surface area contributed by atoms with Gasteiger partial charge in [-0.1, -0.05) is 24.3 Å². The minimum absolute atomic E-state index is 0.0105. The SMILES string of the molecule is COc1cc(/C=C2\SC(=O)N(CCOc3ccccc3)C2=O)ccc1Oc1ccc(C(F)(F)F)cc1[N+](=O)[O-]. The fourth-order valence-corrected chi connectivity index (χ4v) is 4.38. The number of carbonyl (C=O) groups excluding carboxylic acids is 2. The molecule has 0 N–H and O–H groups in total. The molecule has 0 aromatic heterocycles. The molecule has 4 rings (SSSR count). The number of nitro benzene ring substituents is 1. The highest BCUT2D eigenvalue weighted by Gasteiger charge is 2.35. The van der Waals surface area contributed by atoms with E-state index in [9.17, 15) is 32.9 Å². The number of hydrogen-bond acceptors (Lipinski definition) is 8. The number of nitro groups is 1. The molecule has 39 heavy (non-hydrogen) atoms. The lowest BCUT2D eigenvalue weighted by Gasteiger charge is -2.13. The van der Waals surface area contributed by atoms with E-state index in [0.717, 1.165) is 22.7 Å². The average Bonchev–Trinajstić information content (AvgIpc) is 3.16. The number of para-hydroxylation sites is 1. The molecule has 13 heteroatoms. The number of amides is 2. The Balaban J connectivity index is 1.50. The van der Waals surface area contributed by atoms with Crippen molar-refractivity contribution in [1.82, 2.24) is 4.90 Å². The van der Waals surface area contributed by atoms with Crippen LogP contribution in [0.4, 0.5) is 23.7 Å². The van der Waals surface area contributed by atoms with Crippen LogP contribution in [0.5, 0.6) is 23.0 Å². The molecule has 3 aromatic carbocycles. The third-order valence-electron chi connectivity index (χ3n) is 5.39. The Kier molecular flexibility index (Phi) is 8.10. The average molecular weight is 561 g/mol. The van der Waals surface area contributed by atoms with Crippen LogP contribution in [0.15, 0.2) is 71.6 Å². The zero-order valence-electron chi connectivity index (χ0n) is 20.1. The van der Waals surface area contributed by atoms with Crippen molar-refractivity contribution in [2.75, 3.05) is 20.3 Å². The Labute approximate surface area is 223 Å². The number of hydrogen-bond donors (Lipinski definition) is 0. The largest absolute Gasteiger partial charge is 0.493 e. The molecule has 1 aliphatic heterocycles. The molecule has 0 atom stereocenters. The first kappa shape index (κ1) is 27.5. The maximum absolute atomic E-state index is 13.0. The fourth-order valence-electron chi connectivity index (χ4n) is 3.52. The van der Waals surface area contributed by atoms with Gasteiger partial charge in [0.2, 0.25) is 5.75 Å². The number of methoxy groups -OCH3 is 1. The lowest BCUT2D eigenvalue weighted by atomic mass is 10.1. The minimum Gasteiger partial charge on any atom is -0.493 e. The summed E-state index contributed by atoms with van der Waals surface area (Å²) in [4.78, 5) is 36.8. The molecular formula is C26H19F3N2O7S. The predicted octanol–water partition coefficient (Wildman–Crippen LogP) is 6.53. The molecule has 0 spiro atoms. The highest BCUT2D eigenvalue weighted by molar-refractivity contribution is 8.18. The van der Waals surface area contributed by atoms with Gasteiger partial charge in [0.05, 0.1) is 29.0 Å². The van der Waals surface area contributed by atoms with Gasteiger partial charge in [-0.2, -0.15) is 13.2 Å². The van der Waals surface area contributed by atoms with Crippen LogP contribution in [-0.4, -0.2) is 41.2 Å². The number of nitrogens with zero attached hydrogens (tertiary/aromatic N) is 2. The number of rotatable bonds is 9. The Hall–Kier alpha value is -4.52. The highest BCUT2D eigenvalue weighted by atomic mass is 32.2. The molecule has 3 aromatic rings. The van der Waals surface area contributed by atoms with Gasteiger partial charge >= 0.3 is 11.9 Å². The lowest BCUT2D eigenvalue weighted by molar-refractivity contribution is -0.385. The predicted molar refractivity (Wildman–Crippen MR) is 136 cm³/mol. The van der Waals surface area contributed by atoms with Gasteiger partial charge in [0.15, 0.2) is 11.5 Å². The van der Waals surface area contributed by atoms with Crippen LogP contribution < -0.4 is 14.2 Å². The first-order valence-corrected chi connectivity index (χ1v) is 12.0. The molecular weight excluding hydrogens is 541 g/mol. The topological polar surface area (TPSA) is 108 Å². The highest BCUT2D eigenvalue weighted by Crippen LogP contribution is 2.41. The minimum atomic E-state index is -4.77. The van der Waals surface area contributed by atoms with E-state index in [1.165, 1.54) is 31.4 Å². The Morgan fingerprint density at radius 1 is 1.00 bits per heavy atom. The first-order valence-electron chi connectivity index (χ1n) is 11.2. The van der Waals surface area contributed by atoms with Crippen molar-refractivity contribution >= 4 is 34.7 Å².